The number of nitrogens with zero attached hydrogens (tertiary/aromatic N) is 3. The van der Waals surface area contributed by atoms with Crippen LogP contribution in [0.25, 0.3) is 0 Å². The molecule has 1 aromatic carbocycles. The predicted molar refractivity (Wildman–Crippen MR) is 127 cm³/mol. The third-order valence-corrected chi connectivity index (χ3v) is 7.19. The quantitative estimate of drug-likeness (QED) is 0.562. The van der Waals surface area contributed by atoms with Gasteiger partial charge in [0.25, 0.3) is 0 Å². The average molecular weight is 455 g/mol. The fourth-order valence-corrected chi connectivity index (χ4v) is 4.66. The number of hydrogen-bond donors (Lipinski definition) is 1. The Morgan fingerprint density at radius 1 is 1.22 bits per heavy atom. The van der Waals surface area contributed by atoms with Crippen LogP contribution in [0.5, 0.6) is 0 Å². The molecule has 1 aliphatic carbocycles. The van der Waals surface area contributed by atoms with Crippen LogP contribution in [0.15, 0.2) is 30.9 Å². The van der Waals surface area contributed by atoms with E-state index in [1.165, 1.54) is 11.6 Å². The van der Waals surface area contributed by atoms with Crippen molar-refractivity contribution in [3.63, 3.8) is 0 Å². The number of carbonyl (C=O) groups is 2. The number of piperazine rings is 1. The number of nitrogens with one attached hydrogen (secondary N) is 1. The lowest BCUT2D eigenvalue weighted by molar-refractivity contribution is -0.133. The first-order chi connectivity index (χ1) is 15.3. The summed E-state index contributed by atoms with van der Waals surface area (Å²) in [6.45, 7) is 12.2. The molecule has 7 heteroatoms. The zero-order valence-electron chi connectivity index (χ0n) is 18.9. The van der Waals surface area contributed by atoms with Crippen LogP contribution in [0.1, 0.15) is 37.8 Å². The Labute approximate surface area is 195 Å². The van der Waals surface area contributed by atoms with Crippen molar-refractivity contribution in [1.82, 2.24) is 20.0 Å². The summed E-state index contributed by atoms with van der Waals surface area (Å²) in [5.41, 5.74) is 2.29. The minimum absolute atomic E-state index is 0.00840. The SMILES string of the molecule is C=CC(=O)N1CC(N2CCN(C(=O)NC(C)C#Cc3ccc(Cl)c(C4(C)CC4)c3)CC2)C1. The molecule has 4 rings (SSSR count). The maximum absolute atomic E-state index is 12.6. The minimum atomic E-state index is -0.249. The normalized spacial score (nSPS) is 21.1. The lowest BCUT2D eigenvalue weighted by Crippen LogP contribution is -2.64. The van der Waals surface area contributed by atoms with Crippen molar-refractivity contribution in [3.8, 4) is 11.8 Å². The molecule has 2 aliphatic heterocycles. The summed E-state index contributed by atoms with van der Waals surface area (Å²) >= 11 is 6.37. The zero-order chi connectivity index (χ0) is 22.9. The number of benzene rings is 1. The fourth-order valence-electron chi connectivity index (χ4n) is 4.31. The number of hydrogen-bond acceptors (Lipinski definition) is 3. The molecule has 0 bridgehead atoms. The van der Waals surface area contributed by atoms with Gasteiger partial charge in [0.05, 0.1) is 6.04 Å². The first-order valence-corrected chi connectivity index (χ1v) is 11.7. The first-order valence-electron chi connectivity index (χ1n) is 11.3. The highest BCUT2D eigenvalue weighted by molar-refractivity contribution is 6.31. The van der Waals surface area contributed by atoms with Gasteiger partial charge >= 0.3 is 6.03 Å². The van der Waals surface area contributed by atoms with E-state index in [1.54, 1.807) is 4.90 Å². The average Bonchev–Trinajstić information content (AvgIpc) is 3.50. The Bertz CT molecular complexity index is 964. The van der Waals surface area contributed by atoms with Gasteiger partial charge in [-0.1, -0.05) is 36.9 Å². The maximum Gasteiger partial charge on any atom is 0.318 e. The Kier molecular flexibility index (Phi) is 6.50. The molecular weight excluding hydrogens is 424 g/mol. The van der Waals surface area contributed by atoms with Gasteiger partial charge in [-0.3, -0.25) is 9.69 Å². The van der Waals surface area contributed by atoms with Gasteiger partial charge in [-0.15, -0.1) is 0 Å². The summed E-state index contributed by atoms with van der Waals surface area (Å²) in [6.07, 6.45) is 3.69. The van der Waals surface area contributed by atoms with Gasteiger partial charge < -0.3 is 15.1 Å². The van der Waals surface area contributed by atoms with Crippen LogP contribution >= 0.6 is 11.6 Å². The van der Waals surface area contributed by atoms with Crippen LogP contribution in [0, 0.1) is 11.8 Å². The molecule has 0 radical (unpaired) electrons. The molecule has 32 heavy (non-hydrogen) atoms. The van der Waals surface area contributed by atoms with E-state index in [2.05, 4.69) is 41.6 Å². The van der Waals surface area contributed by atoms with E-state index in [4.69, 9.17) is 11.6 Å². The van der Waals surface area contributed by atoms with E-state index in [0.717, 1.165) is 49.6 Å². The Morgan fingerprint density at radius 3 is 2.53 bits per heavy atom. The van der Waals surface area contributed by atoms with Crippen LogP contribution < -0.4 is 5.32 Å². The van der Waals surface area contributed by atoms with Crippen molar-refractivity contribution >= 4 is 23.5 Å². The standard InChI is InChI=1S/C25H31ClN4O2/c1-4-23(31)30-16-20(17-30)28-11-13-29(14-12-28)24(32)27-18(2)5-6-19-7-8-22(26)21(15-19)25(3)9-10-25/h4,7-8,15,18,20H,1,9-14,16-17H2,2-3H3,(H,27,32). The highest BCUT2D eigenvalue weighted by Crippen LogP contribution is 2.50. The molecule has 2 saturated heterocycles. The first kappa shape index (κ1) is 22.7. The Morgan fingerprint density at radius 2 is 1.91 bits per heavy atom. The molecule has 1 saturated carbocycles. The van der Waals surface area contributed by atoms with E-state index in [0.29, 0.717) is 19.1 Å². The van der Waals surface area contributed by atoms with E-state index in [-0.39, 0.29) is 23.4 Å². The lowest BCUT2D eigenvalue weighted by atomic mass is 9.96. The van der Waals surface area contributed by atoms with Gasteiger partial charge in [-0.25, -0.2) is 4.79 Å². The predicted octanol–water partition coefficient (Wildman–Crippen LogP) is 2.86. The summed E-state index contributed by atoms with van der Waals surface area (Å²) in [6, 6.07) is 5.99. The van der Waals surface area contributed by atoms with Crippen LogP contribution in [0.3, 0.4) is 0 Å². The molecule has 1 atom stereocenters. The topological polar surface area (TPSA) is 55.9 Å². The van der Waals surface area contributed by atoms with E-state index < -0.39 is 0 Å². The number of likely N-dealkylation sites (tertiary alicyclic amines) is 1. The van der Waals surface area contributed by atoms with Crippen molar-refractivity contribution in [3.05, 3.63) is 47.0 Å². The van der Waals surface area contributed by atoms with E-state index in [9.17, 15) is 9.59 Å². The smallest absolute Gasteiger partial charge is 0.318 e. The van der Waals surface area contributed by atoms with Gasteiger partial charge in [0, 0.05) is 55.9 Å². The second-order valence-electron chi connectivity index (χ2n) is 9.32. The van der Waals surface area contributed by atoms with Crippen LogP contribution in [-0.4, -0.2) is 78.0 Å². The lowest BCUT2D eigenvalue weighted by Gasteiger charge is -2.47. The molecule has 3 fully saturated rings. The third kappa shape index (κ3) is 4.95. The molecule has 0 aromatic heterocycles. The summed E-state index contributed by atoms with van der Waals surface area (Å²) < 4.78 is 0. The number of amides is 3. The van der Waals surface area contributed by atoms with Crippen LogP contribution in [0.2, 0.25) is 5.02 Å². The van der Waals surface area contributed by atoms with Crippen molar-refractivity contribution in [2.24, 2.45) is 0 Å². The van der Waals surface area contributed by atoms with Gasteiger partial charge in [0.2, 0.25) is 5.91 Å². The molecule has 1 N–H and O–H groups in total. The summed E-state index contributed by atoms with van der Waals surface area (Å²) in [4.78, 5) is 30.2. The molecule has 6 nitrogen and oxygen atoms in total. The number of carbonyl (C=O) groups excluding carboxylic acids is 2. The number of urea groups is 1. The molecule has 1 aromatic rings. The van der Waals surface area contributed by atoms with Gasteiger partial charge in [-0.05, 0) is 55.0 Å². The molecular formula is C25H31ClN4O2. The maximum atomic E-state index is 12.6. The second kappa shape index (κ2) is 9.17. The van der Waals surface area contributed by atoms with Crippen molar-refractivity contribution in [2.75, 3.05) is 39.3 Å². The molecule has 170 valence electrons. The molecule has 1 unspecified atom stereocenters. The second-order valence-corrected chi connectivity index (χ2v) is 9.73. The Balaban J connectivity index is 1.24. The molecule has 3 amide bonds. The molecule has 0 spiro atoms. The number of halogens is 1. The van der Waals surface area contributed by atoms with Crippen molar-refractivity contribution in [2.45, 2.75) is 44.2 Å². The van der Waals surface area contributed by atoms with Crippen molar-refractivity contribution in [1.29, 1.82) is 0 Å². The highest BCUT2D eigenvalue weighted by atomic mass is 35.5. The highest BCUT2D eigenvalue weighted by Gasteiger charge is 2.40. The number of rotatable bonds is 4. The van der Waals surface area contributed by atoms with Crippen LogP contribution in [-0.2, 0) is 10.2 Å². The zero-order valence-corrected chi connectivity index (χ0v) is 19.6. The summed E-state index contributed by atoms with van der Waals surface area (Å²) in [7, 11) is 0. The summed E-state index contributed by atoms with van der Waals surface area (Å²) in [5, 5.41) is 3.80. The fraction of sp³-hybridized carbons (Fsp3) is 0.520. The van der Waals surface area contributed by atoms with Crippen LogP contribution in [0.4, 0.5) is 4.79 Å². The minimum Gasteiger partial charge on any atom is -0.336 e. The van der Waals surface area contributed by atoms with E-state index in [1.807, 2.05) is 24.0 Å². The van der Waals surface area contributed by atoms with Crippen molar-refractivity contribution < 1.29 is 9.59 Å². The summed E-state index contributed by atoms with van der Waals surface area (Å²) in [5.74, 6) is 6.32. The largest absolute Gasteiger partial charge is 0.336 e. The molecule has 3 aliphatic rings. The van der Waals surface area contributed by atoms with Gasteiger partial charge in [-0.2, -0.15) is 0 Å². The monoisotopic (exact) mass is 454 g/mol. The third-order valence-electron chi connectivity index (χ3n) is 6.86. The molecule has 2 heterocycles. The van der Waals surface area contributed by atoms with E-state index >= 15 is 0 Å². The Hall–Kier alpha value is -2.49. The van der Waals surface area contributed by atoms with Gasteiger partial charge in [0.15, 0.2) is 0 Å². The van der Waals surface area contributed by atoms with Gasteiger partial charge in [0.1, 0.15) is 0 Å².